The Kier molecular flexibility index (Phi) is 7.67. The number of carbonyl (C=O) groups is 1. The van der Waals surface area contributed by atoms with E-state index in [1.54, 1.807) is 0 Å². The summed E-state index contributed by atoms with van der Waals surface area (Å²) in [5, 5.41) is 3.30. The van der Waals surface area contributed by atoms with E-state index in [-0.39, 0.29) is 5.97 Å². The molecule has 21 heavy (non-hydrogen) atoms. The zero-order valence-corrected chi connectivity index (χ0v) is 14.6. The summed E-state index contributed by atoms with van der Waals surface area (Å²) in [6, 6.07) is 0.614. The SMILES string of the molecule is CCOC(=O)C1(NC)CCCC1CCN(CC)C(C)CC. The van der Waals surface area contributed by atoms with Gasteiger partial charge in [0, 0.05) is 6.04 Å². The van der Waals surface area contributed by atoms with Crippen LogP contribution in [-0.4, -0.2) is 49.2 Å². The Hall–Kier alpha value is -0.610. The van der Waals surface area contributed by atoms with Gasteiger partial charge in [-0.3, -0.25) is 4.79 Å². The largest absolute Gasteiger partial charge is 0.465 e. The molecule has 1 aliphatic carbocycles. The quantitative estimate of drug-likeness (QED) is 0.665. The zero-order chi connectivity index (χ0) is 15.9. The lowest BCUT2D eigenvalue weighted by Crippen LogP contribution is -2.54. The number of likely N-dealkylation sites (N-methyl/N-ethyl adjacent to an activating group) is 1. The van der Waals surface area contributed by atoms with Crippen molar-refractivity contribution in [3.63, 3.8) is 0 Å². The van der Waals surface area contributed by atoms with Crippen LogP contribution in [0.1, 0.15) is 59.8 Å². The highest BCUT2D eigenvalue weighted by atomic mass is 16.5. The van der Waals surface area contributed by atoms with Crippen molar-refractivity contribution in [2.75, 3.05) is 26.7 Å². The van der Waals surface area contributed by atoms with Gasteiger partial charge < -0.3 is 15.0 Å². The molecule has 0 amide bonds. The van der Waals surface area contributed by atoms with Gasteiger partial charge in [0.1, 0.15) is 5.54 Å². The highest BCUT2D eigenvalue weighted by Crippen LogP contribution is 2.39. The molecule has 1 aliphatic rings. The Balaban J connectivity index is 2.69. The Labute approximate surface area is 130 Å². The van der Waals surface area contributed by atoms with Crippen LogP contribution < -0.4 is 5.32 Å². The maximum atomic E-state index is 12.4. The molecule has 1 fully saturated rings. The Bertz CT molecular complexity index is 322. The van der Waals surface area contributed by atoms with Crippen LogP contribution >= 0.6 is 0 Å². The van der Waals surface area contributed by atoms with Crippen molar-refractivity contribution in [3.8, 4) is 0 Å². The van der Waals surface area contributed by atoms with E-state index < -0.39 is 5.54 Å². The molecule has 1 rings (SSSR count). The summed E-state index contributed by atoms with van der Waals surface area (Å²) >= 11 is 0. The third kappa shape index (κ3) is 4.19. The molecule has 1 saturated carbocycles. The number of rotatable bonds is 9. The predicted molar refractivity (Wildman–Crippen MR) is 87.4 cm³/mol. The van der Waals surface area contributed by atoms with E-state index in [9.17, 15) is 4.79 Å². The first kappa shape index (κ1) is 18.4. The fraction of sp³-hybridized carbons (Fsp3) is 0.941. The minimum Gasteiger partial charge on any atom is -0.465 e. The van der Waals surface area contributed by atoms with E-state index in [4.69, 9.17) is 4.74 Å². The van der Waals surface area contributed by atoms with E-state index in [0.29, 0.717) is 18.6 Å². The lowest BCUT2D eigenvalue weighted by atomic mass is 9.84. The van der Waals surface area contributed by atoms with Crippen LogP contribution in [0.25, 0.3) is 0 Å². The van der Waals surface area contributed by atoms with Gasteiger partial charge in [0.15, 0.2) is 0 Å². The molecule has 0 saturated heterocycles. The lowest BCUT2D eigenvalue weighted by Gasteiger charge is -2.35. The second kappa shape index (κ2) is 8.74. The molecule has 1 N–H and O–H groups in total. The van der Waals surface area contributed by atoms with E-state index in [0.717, 1.165) is 38.8 Å². The van der Waals surface area contributed by atoms with Crippen LogP contribution in [0, 0.1) is 5.92 Å². The topological polar surface area (TPSA) is 41.6 Å². The molecule has 0 aliphatic heterocycles. The summed E-state index contributed by atoms with van der Waals surface area (Å²) < 4.78 is 5.34. The number of nitrogens with one attached hydrogen (secondary N) is 1. The normalized spacial score (nSPS) is 27.0. The standard InChI is InChI=1S/C17H34N2O2/c1-6-14(4)19(7-2)13-11-15-10-9-12-17(15,18-5)16(20)21-8-3/h14-15,18H,6-13H2,1-5H3. The predicted octanol–water partition coefficient (Wildman–Crippen LogP) is 2.82. The highest BCUT2D eigenvalue weighted by molar-refractivity contribution is 5.81. The van der Waals surface area contributed by atoms with Crippen LogP contribution in [0.4, 0.5) is 0 Å². The number of nitrogens with zero attached hydrogens (tertiary/aromatic N) is 1. The maximum Gasteiger partial charge on any atom is 0.326 e. The molecule has 3 atom stereocenters. The van der Waals surface area contributed by atoms with Gasteiger partial charge in [-0.05, 0) is 65.6 Å². The van der Waals surface area contributed by atoms with Crippen molar-refractivity contribution in [1.29, 1.82) is 0 Å². The molecule has 0 spiro atoms. The summed E-state index contributed by atoms with van der Waals surface area (Å²) in [5.41, 5.74) is -0.453. The van der Waals surface area contributed by atoms with Gasteiger partial charge in [0.05, 0.1) is 6.61 Å². The zero-order valence-electron chi connectivity index (χ0n) is 14.6. The lowest BCUT2D eigenvalue weighted by molar-refractivity contribution is -0.153. The van der Waals surface area contributed by atoms with Crippen LogP contribution in [0.5, 0.6) is 0 Å². The second-order valence-corrected chi connectivity index (χ2v) is 6.21. The molecule has 0 bridgehead atoms. The molecule has 0 heterocycles. The van der Waals surface area contributed by atoms with Gasteiger partial charge in [-0.25, -0.2) is 0 Å². The molecule has 4 heteroatoms. The fourth-order valence-corrected chi connectivity index (χ4v) is 3.70. The third-order valence-electron chi connectivity index (χ3n) is 5.29. The van der Waals surface area contributed by atoms with Crippen molar-refractivity contribution in [2.45, 2.75) is 71.4 Å². The first-order valence-corrected chi connectivity index (χ1v) is 8.65. The molecular formula is C17H34N2O2. The minimum absolute atomic E-state index is 0.0541. The number of hydrogen-bond donors (Lipinski definition) is 1. The second-order valence-electron chi connectivity index (χ2n) is 6.21. The number of ether oxygens (including phenoxy) is 1. The van der Waals surface area contributed by atoms with Gasteiger partial charge >= 0.3 is 5.97 Å². The summed E-state index contributed by atoms with van der Waals surface area (Å²) in [7, 11) is 1.90. The molecule has 0 aromatic carbocycles. The van der Waals surface area contributed by atoms with E-state index >= 15 is 0 Å². The van der Waals surface area contributed by atoms with Gasteiger partial charge in [0.25, 0.3) is 0 Å². The molecule has 3 unspecified atom stereocenters. The average molecular weight is 298 g/mol. The molecule has 0 radical (unpaired) electrons. The molecule has 4 nitrogen and oxygen atoms in total. The number of carbonyl (C=O) groups excluding carboxylic acids is 1. The first-order chi connectivity index (χ1) is 10.1. The van der Waals surface area contributed by atoms with E-state index in [2.05, 4.69) is 31.0 Å². The smallest absolute Gasteiger partial charge is 0.326 e. The molecule has 0 aromatic rings. The van der Waals surface area contributed by atoms with Crippen molar-refractivity contribution in [3.05, 3.63) is 0 Å². The fourth-order valence-electron chi connectivity index (χ4n) is 3.70. The van der Waals surface area contributed by atoms with Gasteiger partial charge in [0.2, 0.25) is 0 Å². The van der Waals surface area contributed by atoms with E-state index in [1.807, 2.05) is 14.0 Å². The summed E-state index contributed by atoms with van der Waals surface area (Å²) in [5.74, 6) is 0.334. The Morgan fingerprint density at radius 2 is 2.14 bits per heavy atom. The van der Waals surface area contributed by atoms with Crippen LogP contribution in [-0.2, 0) is 9.53 Å². The van der Waals surface area contributed by atoms with Crippen molar-refractivity contribution < 1.29 is 9.53 Å². The monoisotopic (exact) mass is 298 g/mol. The summed E-state index contributed by atoms with van der Waals surface area (Å²) in [6.45, 7) is 11.2. The van der Waals surface area contributed by atoms with Crippen molar-refractivity contribution >= 4 is 5.97 Å². The van der Waals surface area contributed by atoms with Crippen molar-refractivity contribution in [2.24, 2.45) is 5.92 Å². The van der Waals surface area contributed by atoms with E-state index in [1.165, 1.54) is 6.42 Å². The Morgan fingerprint density at radius 3 is 2.67 bits per heavy atom. The van der Waals surface area contributed by atoms with Gasteiger partial charge in [-0.1, -0.05) is 20.3 Å². The number of hydrogen-bond acceptors (Lipinski definition) is 4. The molecule has 0 aromatic heterocycles. The van der Waals surface area contributed by atoms with Crippen molar-refractivity contribution in [1.82, 2.24) is 10.2 Å². The summed E-state index contributed by atoms with van der Waals surface area (Å²) in [6.07, 6.45) is 5.38. The van der Waals surface area contributed by atoms with Crippen LogP contribution in [0.15, 0.2) is 0 Å². The average Bonchev–Trinajstić information content (AvgIpc) is 2.92. The highest BCUT2D eigenvalue weighted by Gasteiger charge is 2.48. The van der Waals surface area contributed by atoms with Crippen LogP contribution in [0.2, 0.25) is 0 Å². The molecular weight excluding hydrogens is 264 g/mol. The van der Waals surface area contributed by atoms with Gasteiger partial charge in [-0.2, -0.15) is 0 Å². The minimum atomic E-state index is -0.453. The maximum absolute atomic E-state index is 12.4. The van der Waals surface area contributed by atoms with Gasteiger partial charge in [-0.15, -0.1) is 0 Å². The molecule has 124 valence electrons. The number of esters is 1. The Morgan fingerprint density at radius 1 is 1.43 bits per heavy atom. The summed E-state index contributed by atoms with van der Waals surface area (Å²) in [4.78, 5) is 14.9. The first-order valence-electron chi connectivity index (χ1n) is 8.65. The van der Waals surface area contributed by atoms with Crippen LogP contribution in [0.3, 0.4) is 0 Å². The third-order valence-corrected chi connectivity index (χ3v) is 5.29.